The third kappa shape index (κ3) is 5.12. The molecule has 126 valence electrons. The number of aryl methyl sites for hydroxylation is 1. The molecule has 0 fully saturated rings. The summed E-state index contributed by atoms with van der Waals surface area (Å²) in [5.41, 5.74) is 3.09. The maximum Gasteiger partial charge on any atom is 0.322 e. The molecule has 0 heterocycles. The summed E-state index contributed by atoms with van der Waals surface area (Å²) in [6.07, 6.45) is 1.37. The molecule has 0 unspecified atom stereocenters. The lowest BCUT2D eigenvalue weighted by molar-refractivity contribution is -0.138. The van der Waals surface area contributed by atoms with E-state index >= 15 is 0 Å². The number of aliphatic carboxylic acids is 1. The number of carboxylic acids is 1. The van der Waals surface area contributed by atoms with Gasteiger partial charge in [-0.3, -0.25) is 9.59 Å². The highest BCUT2D eigenvalue weighted by Gasteiger charge is 2.20. The standard InChI is InChI=1S/C19H22N2O3/c1-2-14-8-6-7-9-15(14)12-17(19(24)20-13-18(22)23)21-16-10-4-3-5-11-16/h3-11,17,21H,2,12-13H2,1H3,(H,20,24)(H,22,23)/t17-/m0/s1. The van der Waals surface area contributed by atoms with Crippen LogP contribution in [0, 0.1) is 0 Å². The van der Waals surface area contributed by atoms with Gasteiger partial charge in [-0.25, -0.2) is 0 Å². The van der Waals surface area contributed by atoms with E-state index in [2.05, 4.69) is 17.6 Å². The van der Waals surface area contributed by atoms with E-state index in [0.717, 1.165) is 17.7 Å². The highest BCUT2D eigenvalue weighted by Crippen LogP contribution is 2.15. The highest BCUT2D eigenvalue weighted by molar-refractivity contribution is 5.87. The lowest BCUT2D eigenvalue weighted by Crippen LogP contribution is -2.43. The van der Waals surface area contributed by atoms with Gasteiger partial charge in [0.1, 0.15) is 12.6 Å². The fraction of sp³-hybridized carbons (Fsp3) is 0.263. The second-order valence-corrected chi connectivity index (χ2v) is 5.50. The monoisotopic (exact) mass is 326 g/mol. The fourth-order valence-electron chi connectivity index (χ4n) is 2.55. The Balaban J connectivity index is 2.18. The van der Waals surface area contributed by atoms with Crippen LogP contribution in [-0.4, -0.2) is 29.6 Å². The predicted octanol–water partition coefficient (Wildman–Crippen LogP) is 2.47. The van der Waals surface area contributed by atoms with Crippen LogP contribution in [0.15, 0.2) is 54.6 Å². The van der Waals surface area contributed by atoms with Crippen molar-refractivity contribution in [2.45, 2.75) is 25.8 Å². The molecule has 0 spiro atoms. The molecule has 2 aromatic rings. The molecule has 5 heteroatoms. The molecule has 0 radical (unpaired) electrons. The number of para-hydroxylation sites is 1. The Hall–Kier alpha value is -2.82. The average molecular weight is 326 g/mol. The zero-order valence-electron chi connectivity index (χ0n) is 13.7. The number of benzene rings is 2. The summed E-state index contributed by atoms with van der Waals surface area (Å²) in [5.74, 6) is -1.39. The Morgan fingerprint density at radius 3 is 2.25 bits per heavy atom. The molecule has 2 rings (SSSR count). The first-order chi connectivity index (χ1) is 11.6. The first kappa shape index (κ1) is 17.5. The summed E-state index contributed by atoms with van der Waals surface area (Å²) >= 11 is 0. The van der Waals surface area contributed by atoms with Crippen molar-refractivity contribution in [1.29, 1.82) is 0 Å². The van der Waals surface area contributed by atoms with Gasteiger partial charge < -0.3 is 15.7 Å². The van der Waals surface area contributed by atoms with Crippen LogP contribution in [0.2, 0.25) is 0 Å². The quantitative estimate of drug-likeness (QED) is 0.696. The Bertz CT molecular complexity index is 686. The van der Waals surface area contributed by atoms with Gasteiger partial charge in [-0.1, -0.05) is 49.4 Å². The topological polar surface area (TPSA) is 78.4 Å². The Morgan fingerprint density at radius 2 is 1.62 bits per heavy atom. The van der Waals surface area contributed by atoms with Crippen LogP contribution in [0.4, 0.5) is 5.69 Å². The molecule has 1 atom stereocenters. The van der Waals surface area contributed by atoms with Crippen molar-refractivity contribution in [1.82, 2.24) is 5.32 Å². The van der Waals surface area contributed by atoms with Crippen LogP contribution in [0.5, 0.6) is 0 Å². The number of nitrogens with one attached hydrogen (secondary N) is 2. The van der Waals surface area contributed by atoms with Gasteiger partial charge in [0.2, 0.25) is 5.91 Å². The largest absolute Gasteiger partial charge is 0.480 e. The highest BCUT2D eigenvalue weighted by atomic mass is 16.4. The van der Waals surface area contributed by atoms with Gasteiger partial charge in [0.05, 0.1) is 0 Å². The molecule has 0 saturated carbocycles. The zero-order chi connectivity index (χ0) is 17.4. The van der Waals surface area contributed by atoms with Gasteiger partial charge >= 0.3 is 5.97 Å². The van der Waals surface area contributed by atoms with Crippen molar-refractivity contribution < 1.29 is 14.7 Å². The molecule has 0 aliphatic rings. The van der Waals surface area contributed by atoms with Gasteiger partial charge in [-0.2, -0.15) is 0 Å². The molecule has 3 N–H and O–H groups in total. The van der Waals surface area contributed by atoms with E-state index in [9.17, 15) is 9.59 Å². The van der Waals surface area contributed by atoms with E-state index in [0.29, 0.717) is 6.42 Å². The smallest absolute Gasteiger partial charge is 0.322 e. The minimum Gasteiger partial charge on any atom is -0.480 e. The molecule has 1 amide bonds. The van der Waals surface area contributed by atoms with E-state index in [1.54, 1.807) is 0 Å². The van der Waals surface area contributed by atoms with Crippen molar-refractivity contribution in [3.63, 3.8) is 0 Å². The van der Waals surface area contributed by atoms with Crippen molar-refractivity contribution in [3.05, 3.63) is 65.7 Å². The molecular weight excluding hydrogens is 304 g/mol. The number of hydrogen-bond donors (Lipinski definition) is 3. The molecular formula is C19H22N2O3. The molecule has 5 nitrogen and oxygen atoms in total. The number of amides is 1. The zero-order valence-corrected chi connectivity index (χ0v) is 13.7. The molecule has 0 aliphatic heterocycles. The first-order valence-corrected chi connectivity index (χ1v) is 7.98. The predicted molar refractivity (Wildman–Crippen MR) is 94.0 cm³/mol. The summed E-state index contributed by atoms with van der Waals surface area (Å²) in [6.45, 7) is 1.68. The maximum absolute atomic E-state index is 12.4. The Kier molecular flexibility index (Phi) is 6.37. The minimum atomic E-state index is -1.06. The fourth-order valence-corrected chi connectivity index (χ4v) is 2.55. The SMILES string of the molecule is CCc1ccccc1C[C@H](Nc1ccccc1)C(=O)NCC(=O)O. The van der Waals surface area contributed by atoms with Crippen molar-refractivity contribution in [2.24, 2.45) is 0 Å². The van der Waals surface area contributed by atoms with Crippen LogP contribution < -0.4 is 10.6 Å². The van der Waals surface area contributed by atoms with Crippen LogP contribution in [-0.2, 0) is 22.4 Å². The second-order valence-electron chi connectivity index (χ2n) is 5.50. The number of carboxylic acid groups (broad SMARTS) is 1. The Labute approximate surface area is 141 Å². The van der Waals surface area contributed by atoms with Gasteiger partial charge in [-0.15, -0.1) is 0 Å². The van der Waals surface area contributed by atoms with E-state index in [1.165, 1.54) is 5.56 Å². The number of rotatable bonds is 8. The third-order valence-electron chi connectivity index (χ3n) is 3.77. The maximum atomic E-state index is 12.4. The Morgan fingerprint density at radius 1 is 1.00 bits per heavy atom. The summed E-state index contributed by atoms with van der Waals surface area (Å²) in [6, 6.07) is 16.9. The lowest BCUT2D eigenvalue weighted by atomic mass is 9.98. The van der Waals surface area contributed by atoms with Crippen molar-refractivity contribution in [2.75, 3.05) is 11.9 Å². The van der Waals surface area contributed by atoms with Gasteiger partial charge in [0.15, 0.2) is 0 Å². The molecule has 0 saturated heterocycles. The number of anilines is 1. The molecule has 0 aromatic heterocycles. The summed E-state index contributed by atoms with van der Waals surface area (Å²) in [7, 11) is 0. The van der Waals surface area contributed by atoms with Crippen LogP contribution in [0.25, 0.3) is 0 Å². The summed E-state index contributed by atoms with van der Waals surface area (Å²) in [4.78, 5) is 23.1. The van der Waals surface area contributed by atoms with E-state index in [-0.39, 0.29) is 12.5 Å². The van der Waals surface area contributed by atoms with Crippen molar-refractivity contribution in [3.8, 4) is 0 Å². The van der Waals surface area contributed by atoms with Crippen LogP contribution >= 0.6 is 0 Å². The molecule has 2 aromatic carbocycles. The van der Waals surface area contributed by atoms with E-state index in [1.807, 2.05) is 54.6 Å². The average Bonchev–Trinajstić information content (AvgIpc) is 2.60. The normalized spacial score (nSPS) is 11.5. The van der Waals surface area contributed by atoms with Crippen LogP contribution in [0.1, 0.15) is 18.1 Å². The first-order valence-electron chi connectivity index (χ1n) is 7.98. The molecule has 24 heavy (non-hydrogen) atoms. The summed E-state index contributed by atoms with van der Waals surface area (Å²) in [5, 5.41) is 14.4. The van der Waals surface area contributed by atoms with E-state index < -0.39 is 12.0 Å². The van der Waals surface area contributed by atoms with Crippen molar-refractivity contribution >= 4 is 17.6 Å². The van der Waals surface area contributed by atoms with Gasteiger partial charge in [-0.05, 0) is 29.7 Å². The molecule has 0 aliphatic carbocycles. The number of carbonyl (C=O) groups excluding carboxylic acids is 1. The second kappa shape index (κ2) is 8.72. The van der Waals surface area contributed by atoms with Gasteiger partial charge in [0.25, 0.3) is 0 Å². The molecule has 0 bridgehead atoms. The lowest BCUT2D eigenvalue weighted by Gasteiger charge is -2.20. The number of carbonyl (C=O) groups is 2. The van der Waals surface area contributed by atoms with E-state index in [4.69, 9.17) is 5.11 Å². The third-order valence-corrected chi connectivity index (χ3v) is 3.77. The number of hydrogen-bond acceptors (Lipinski definition) is 3. The summed E-state index contributed by atoms with van der Waals surface area (Å²) < 4.78 is 0. The minimum absolute atomic E-state index is 0.327. The van der Waals surface area contributed by atoms with Gasteiger partial charge in [0, 0.05) is 12.1 Å². The van der Waals surface area contributed by atoms with Crippen LogP contribution in [0.3, 0.4) is 0 Å².